The molecule has 4 nitrogen and oxygen atoms in total. The Morgan fingerprint density at radius 2 is 1.57 bits per heavy atom. The number of benzene rings is 3. The lowest BCUT2D eigenvalue weighted by molar-refractivity contribution is 0.103. The van der Waals surface area contributed by atoms with E-state index in [0.717, 1.165) is 10.8 Å². The third kappa shape index (κ3) is 3.96. The Hall–Kier alpha value is -3.02. The van der Waals surface area contributed by atoms with Gasteiger partial charge >= 0.3 is 0 Å². The van der Waals surface area contributed by atoms with Gasteiger partial charge in [0, 0.05) is 24.2 Å². The number of sulfonamides is 1. The Kier molecular flexibility index (Phi) is 5.87. The standard InChI is InChI=1S/C23H21NO3S/c1-3-16-24(28(26,27)20-12-5-4-6-13-20)17-18(2)23(25)22-15-9-11-19-10-7-8-14-21(19)22/h3-15H,1-2,16-17H2. The van der Waals surface area contributed by atoms with Crippen LogP contribution in [0.2, 0.25) is 0 Å². The lowest BCUT2D eigenvalue weighted by Crippen LogP contribution is -2.34. The third-order valence-corrected chi connectivity index (χ3v) is 6.26. The largest absolute Gasteiger partial charge is 0.289 e. The van der Waals surface area contributed by atoms with Crippen molar-refractivity contribution in [2.24, 2.45) is 0 Å². The second-order valence-electron chi connectivity index (χ2n) is 6.36. The van der Waals surface area contributed by atoms with E-state index in [-0.39, 0.29) is 29.3 Å². The number of hydrogen-bond donors (Lipinski definition) is 0. The molecule has 0 atom stereocenters. The SMILES string of the molecule is C=CCN(CC(=C)C(=O)c1cccc2ccccc12)S(=O)(=O)c1ccccc1. The molecule has 0 unspecified atom stereocenters. The van der Waals surface area contributed by atoms with E-state index in [4.69, 9.17) is 0 Å². The van der Waals surface area contributed by atoms with Gasteiger partial charge in [0.25, 0.3) is 0 Å². The summed E-state index contributed by atoms with van der Waals surface area (Å²) in [5, 5.41) is 1.76. The average molecular weight is 391 g/mol. The molecular weight excluding hydrogens is 370 g/mol. The van der Waals surface area contributed by atoms with Crippen molar-refractivity contribution in [3.8, 4) is 0 Å². The van der Waals surface area contributed by atoms with Gasteiger partial charge in [-0.25, -0.2) is 8.42 Å². The van der Waals surface area contributed by atoms with Crippen molar-refractivity contribution in [3.05, 3.63) is 103 Å². The molecule has 0 aliphatic heterocycles. The highest BCUT2D eigenvalue weighted by Crippen LogP contribution is 2.22. The highest BCUT2D eigenvalue weighted by molar-refractivity contribution is 7.89. The molecule has 0 fully saturated rings. The van der Waals surface area contributed by atoms with E-state index < -0.39 is 10.0 Å². The minimum absolute atomic E-state index is 0.0824. The Labute approximate surface area is 165 Å². The molecule has 0 aliphatic rings. The number of rotatable bonds is 8. The van der Waals surface area contributed by atoms with E-state index in [1.807, 2.05) is 36.4 Å². The zero-order chi connectivity index (χ0) is 20.1. The summed E-state index contributed by atoms with van der Waals surface area (Å²) in [5.41, 5.74) is 0.719. The zero-order valence-corrected chi connectivity index (χ0v) is 16.2. The van der Waals surface area contributed by atoms with Crippen LogP contribution in [-0.2, 0) is 10.0 Å². The number of carbonyl (C=O) groups excluding carboxylic acids is 1. The molecule has 3 rings (SSSR count). The predicted octanol–water partition coefficient (Wildman–Crippen LogP) is 4.46. The van der Waals surface area contributed by atoms with E-state index in [9.17, 15) is 13.2 Å². The van der Waals surface area contributed by atoms with Crippen LogP contribution in [0.4, 0.5) is 0 Å². The van der Waals surface area contributed by atoms with Crippen molar-refractivity contribution >= 4 is 26.6 Å². The minimum Gasteiger partial charge on any atom is -0.289 e. The van der Waals surface area contributed by atoms with Crippen molar-refractivity contribution in [2.75, 3.05) is 13.1 Å². The monoisotopic (exact) mass is 391 g/mol. The minimum atomic E-state index is -3.77. The number of hydrogen-bond acceptors (Lipinski definition) is 3. The summed E-state index contributed by atoms with van der Waals surface area (Å²) >= 11 is 0. The van der Waals surface area contributed by atoms with Crippen LogP contribution in [-0.4, -0.2) is 31.6 Å². The molecule has 0 saturated heterocycles. The molecule has 0 N–H and O–H groups in total. The summed E-state index contributed by atoms with van der Waals surface area (Å²) in [4.78, 5) is 13.2. The topological polar surface area (TPSA) is 54.5 Å². The van der Waals surface area contributed by atoms with Crippen LogP contribution >= 0.6 is 0 Å². The molecule has 142 valence electrons. The fraction of sp³-hybridized carbons (Fsp3) is 0.0870. The molecule has 5 heteroatoms. The molecule has 0 saturated carbocycles. The van der Waals surface area contributed by atoms with Crippen molar-refractivity contribution in [2.45, 2.75) is 4.90 Å². The highest BCUT2D eigenvalue weighted by Gasteiger charge is 2.26. The maximum absolute atomic E-state index is 13.0. The van der Waals surface area contributed by atoms with E-state index in [1.54, 1.807) is 24.3 Å². The van der Waals surface area contributed by atoms with Gasteiger partial charge in [0.1, 0.15) is 0 Å². The molecule has 0 radical (unpaired) electrons. The predicted molar refractivity (Wildman–Crippen MR) is 113 cm³/mol. The van der Waals surface area contributed by atoms with Gasteiger partial charge in [-0.2, -0.15) is 4.31 Å². The number of ketones is 1. The molecule has 28 heavy (non-hydrogen) atoms. The second kappa shape index (κ2) is 8.33. The number of carbonyl (C=O) groups is 1. The van der Waals surface area contributed by atoms with Crippen LogP contribution in [0, 0.1) is 0 Å². The molecule has 0 bridgehead atoms. The molecule has 0 aliphatic carbocycles. The summed E-state index contributed by atoms with van der Waals surface area (Å²) in [5.74, 6) is -0.269. The van der Waals surface area contributed by atoms with Crippen LogP contribution < -0.4 is 0 Å². The maximum Gasteiger partial charge on any atom is 0.243 e. The Morgan fingerprint density at radius 1 is 0.929 bits per heavy atom. The number of Topliss-reactive ketones (excluding diaryl/α,β-unsaturated/α-hetero) is 1. The third-order valence-electron chi connectivity index (χ3n) is 4.44. The Balaban J connectivity index is 1.90. The highest BCUT2D eigenvalue weighted by atomic mass is 32.2. The molecule has 0 aromatic heterocycles. The van der Waals surface area contributed by atoms with Crippen molar-refractivity contribution in [1.29, 1.82) is 0 Å². The Bertz CT molecular complexity index is 1130. The fourth-order valence-corrected chi connectivity index (χ4v) is 4.46. The van der Waals surface area contributed by atoms with Gasteiger partial charge < -0.3 is 0 Å². The normalized spacial score (nSPS) is 11.5. The van der Waals surface area contributed by atoms with Crippen molar-refractivity contribution in [3.63, 3.8) is 0 Å². The van der Waals surface area contributed by atoms with Crippen LogP contribution in [0.3, 0.4) is 0 Å². The first-order chi connectivity index (χ1) is 13.4. The lowest BCUT2D eigenvalue weighted by Gasteiger charge is -2.21. The molecule has 3 aromatic carbocycles. The summed E-state index contributed by atoms with van der Waals surface area (Å²) < 4.78 is 27.1. The van der Waals surface area contributed by atoms with Crippen LogP contribution in [0.1, 0.15) is 10.4 Å². The van der Waals surface area contributed by atoms with E-state index in [0.29, 0.717) is 5.56 Å². The first kappa shape index (κ1) is 19.7. The van der Waals surface area contributed by atoms with Gasteiger partial charge in [-0.05, 0) is 22.9 Å². The number of nitrogens with zero attached hydrogens (tertiary/aromatic N) is 1. The van der Waals surface area contributed by atoms with Gasteiger partial charge in [-0.15, -0.1) is 6.58 Å². The van der Waals surface area contributed by atoms with E-state index in [2.05, 4.69) is 13.2 Å². The van der Waals surface area contributed by atoms with Crippen LogP contribution in [0.25, 0.3) is 10.8 Å². The lowest BCUT2D eigenvalue weighted by atomic mass is 9.98. The summed E-state index contributed by atoms with van der Waals surface area (Å²) in [7, 11) is -3.77. The second-order valence-corrected chi connectivity index (χ2v) is 8.30. The van der Waals surface area contributed by atoms with E-state index >= 15 is 0 Å². The molecule has 0 amide bonds. The van der Waals surface area contributed by atoms with Gasteiger partial charge in [0.15, 0.2) is 5.78 Å². The van der Waals surface area contributed by atoms with Gasteiger partial charge in [-0.1, -0.05) is 73.3 Å². The maximum atomic E-state index is 13.0. The molecule has 0 spiro atoms. The zero-order valence-electron chi connectivity index (χ0n) is 15.4. The molecule has 3 aromatic rings. The van der Waals surface area contributed by atoms with Crippen LogP contribution in [0.5, 0.6) is 0 Å². The quantitative estimate of drug-likeness (QED) is 0.324. The smallest absolute Gasteiger partial charge is 0.243 e. The summed E-state index contributed by atoms with van der Waals surface area (Å²) in [6.07, 6.45) is 1.50. The first-order valence-corrected chi connectivity index (χ1v) is 10.3. The Morgan fingerprint density at radius 3 is 2.29 bits per heavy atom. The van der Waals surface area contributed by atoms with Crippen LogP contribution in [0.15, 0.2) is 102 Å². The van der Waals surface area contributed by atoms with Crippen molar-refractivity contribution in [1.82, 2.24) is 4.31 Å². The summed E-state index contributed by atoms with van der Waals surface area (Å²) in [6.45, 7) is 7.49. The van der Waals surface area contributed by atoms with Gasteiger partial charge in [0.05, 0.1) is 4.90 Å². The fourth-order valence-electron chi connectivity index (χ4n) is 3.03. The van der Waals surface area contributed by atoms with Gasteiger partial charge in [-0.3, -0.25) is 4.79 Å². The summed E-state index contributed by atoms with van der Waals surface area (Å²) in [6, 6.07) is 21.2. The molecule has 0 heterocycles. The number of fused-ring (bicyclic) bond motifs is 1. The van der Waals surface area contributed by atoms with Gasteiger partial charge in [0.2, 0.25) is 10.0 Å². The van der Waals surface area contributed by atoms with E-state index in [1.165, 1.54) is 22.5 Å². The van der Waals surface area contributed by atoms with Crippen molar-refractivity contribution < 1.29 is 13.2 Å². The molecular formula is C23H21NO3S. The average Bonchev–Trinajstić information content (AvgIpc) is 2.73. The first-order valence-electron chi connectivity index (χ1n) is 8.81.